The van der Waals surface area contributed by atoms with Crippen LogP contribution in [-0.2, 0) is 9.59 Å². The maximum atomic E-state index is 11.7. The molecule has 1 heterocycles. The highest BCUT2D eigenvalue weighted by atomic mass is 35.5. The third-order valence-electron chi connectivity index (χ3n) is 2.47. The van der Waals surface area contributed by atoms with E-state index in [0.29, 0.717) is 5.56 Å². The maximum Gasteiger partial charge on any atom is 0.329 e. The molecular weight excluding hydrogens is 327 g/mol. The third-order valence-corrected chi connectivity index (χ3v) is 3.29. The van der Waals surface area contributed by atoms with Crippen LogP contribution in [0.4, 0.5) is 5.69 Å². The Labute approximate surface area is 136 Å². The zero-order chi connectivity index (χ0) is 15.9. The van der Waals surface area contributed by atoms with Crippen molar-refractivity contribution in [3.05, 3.63) is 58.3 Å². The van der Waals surface area contributed by atoms with Gasteiger partial charge in [-0.1, -0.05) is 35.3 Å². The lowest BCUT2D eigenvalue weighted by Crippen LogP contribution is -2.32. The molecule has 0 radical (unpaired) electrons. The van der Waals surface area contributed by atoms with Crippen LogP contribution in [0.1, 0.15) is 5.56 Å². The third kappa shape index (κ3) is 4.28. The van der Waals surface area contributed by atoms with Crippen LogP contribution >= 0.6 is 23.2 Å². The normalized spacial score (nSPS) is 10.5. The van der Waals surface area contributed by atoms with Crippen LogP contribution in [0.25, 0.3) is 0 Å². The monoisotopic (exact) mass is 336 g/mol. The van der Waals surface area contributed by atoms with E-state index in [0.717, 1.165) is 0 Å². The lowest BCUT2D eigenvalue weighted by atomic mass is 10.3. The highest BCUT2D eigenvalue weighted by Crippen LogP contribution is 2.29. The Kier molecular flexibility index (Phi) is 5.46. The van der Waals surface area contributed by atoms with Crippen molar-refractivity contribution >= 4 is 46.9 Å². The minimum absolute atomic E-state index is 0.157. The van der Waals surface area contributed by atoms with Crippen LogP contribution in [0, 0.1) is 0 Å². The summed E-state index contributed by atoms with van der Waals surface area (Å²) in [5.41, 5.74) is 3.02. The molecule has 0 spiro atoms. The van der Waals surface area contributed by atoms with Gasteiger partial charge in [0.25, 0.3) is 0 Å². The molecule has 112 valence electrons. The summed E-state index contributed by atoms with van der Waals surface area (Å²) in [6.07, 6.45) is 4.53. The predicted molar refractivity (Wildman–Crippen MR) is 85.1 cm³/mol. The fourth-order valence-electron chi connectivity index (χ4n) is 1.45. The van der Waals surface area contributed by atoms with E-state index < -0.39 is 11.8 Å². The van der Waals surface area contributed by atoms with Gasteiger partial charge in [0, 0.05) is 18.0 Å². The van der Waals surface area contributed by atoms with E-state index in [1.54, 1.807) is 36.7 Å². The van der Waals surface area contributed by atoms with Gasteiger partial charge in [0.05, 0.1) is 21.9 Å². The summed E-state index contributed by atoms with van der Waals surface area (Å²) in [4.78, 5) is 27.2. The van der Waals surface area contributed by atoms with Gasteiger partial charge in [0.1, 0.15) is 0 Å². The molecule has 2 aromatic rings. The van der Waals surface area contributed by atoms with Crippen molar-refractivity contribution in [2.24, 2.45) is 5.10 Å². The quantitative estimate of drug-likeness (QED) is 0.513. The summed E-state index contributed by atoms with van der Waals surface area (Å²) in [6, 6.07) is 8.16. The Bertz CT molecular complexity index is 720. The molecule has 0 bridgehead atoms. The zero-order valence-electron chi connectivity index (χ0n) is 11.1. The number of rotatable bonds is 3. The minimum atomic E-state index is -0.934. The number of anilines is 1. The van der Waals surface area contributed by atoms with Crippen molar-refractivity contribution in [3.8, 4) is 0 Å². The molecule has 6 nitrogen and oxygen atoms in total. The molecule has 2 rings (SSSR count). The van der Waals surface area contributed by atoms with Crippen molar-refractivity contribution in [2.75, 3.05) is 5.32 Å². The van der Waals surface area contributed by atoms with Crippen molar-refractivity contribution < 1.29 is 9.59 Å². The molecule has 0 aliphatic carbocycles. The Morgan fingerprint density at radius 1 is 1.14 bits per heavy atom. The SMILES string of the molecule is O=C(N/N=C/c1cccnc1)C(=O)Nc1cccc(Cl)c1Cl. The van der Waals surface area contributed by atoms with Crippen LogP contribution in [-0.4, -0.2) is 23.0 Å². The number of hydrogen-bond acceptors (Lipinski definition) is 4. The minimum Gasteiger partial charge on any atom is -0.316 e. The van der Waals surface area contributed by atoms with E-state index in [1.165, 1.54) is 12.3 Å². The van der Waals surface area contributed by atoms with Crippen LogP contribution in [0.2, 0.25) is 10.0 Å². The largest absolute Gasteiger partial charge is 0.329 e. The van der Waals surface area contributed by atoms with Gasteiger partial charge < -0.3 is 5.32 Å². The number of nitrogens with zero attached hydrogens (tertiary/aromatic N) is 2. The Morgan fingerprint density at radius 3 is 2.68 bits per heavy atom. The van der Waals surface area contributed by atoms with Crippen molar-refractivity contribution in [1.82, 2.24) is 10.4 Å². The second-order valence-corrected chi connectivity index (χ2v) is 4.83. The summed E-state index contributed by atoms with van der Waals surface area (Å²) in [5.74, 6) is -1.84. The summed E-state index contributed by atoms with van der Waals surface area (Å²) in [6.45, 7) is 0. The van der Waals surface area contributed by atoms with E-state index in [-0.39, 0.29) is 15.7 Å². The molecule has 0 fully saturated rings. The summed E-state index contributed by atoms with van der Waals surface area (Å²) in [5, 5.41) is 6.43. The Morgan fingerprint density at radius 2 is 1.95 bits per heavy atom. The van der Waals surface area contributed by atoms with Crippen molar-refractivity contribution in [2.45, 2.75) is 0 Å². The number of hydrogen-bond donors (Lipinski definition) is 2. The van der Waals surface area contributed by atoms with Gasteiger partial charge in [-0.15, -0.1) is 0 Å². The molecule has 0 unspecified atom stereocenters. The molecule has 0 saturated carbocycles. The van der Waals surface area contributed by atoms with E-state index in [4.69, 9.17) is 23.2 Å². The first-order valence-electron chi connectivity index (χ1n) is 6.06. The van der Waals surface area contributed by atoms with Gasteiger partial charge in [-0.3, -0.25) is 14.6 Å². The summed E-state index contributed by atoms with van der Waals surface area (Å²) in [7, 11) is 0. The average Bonchev–Trinajstić information content (AvgIpc) is 2.52. The molecular formula is C14H10Cl2N4O2. The lowest BCUT2D eigenvalue weighted by molar-refractivity contribution is -0.136. The lowest BCUT2D eigenvalue weighted by Gasteiger charge is -2.06. The molecule has 8 heteroatoms. The van der Waals surface area contributed by atoms with E-state index in [1.807, 2.05) is 0 Å². The van der Waals surface area contributed by atoms with Crippen molar-refractivity contribution in [1.29, 1.82) is 0 Å². The molecule has 0 saturated heterocycles. The molecule has 1 aromatic heterocycles. The number of benzene rings is 1. The van der Waals surface area contributed by atoms with Gasteiger partial charge in [0.15, 0.2) is 0 Å². The van der Waals surface area contributed by atoms with Crippen LogP contribution < -0.4 is 10.7 Å². The smallest absolute Gasteiger partial charge is 0.316 e. The first-order valence-corrected chi connectivity index (χ1v) is 6.82. The standard InChI is InChI=1S/C14H10Cl2N4O2/c15-10-4-1-5-11(12(10)16)19-13(21)14(22)20-18-8-9-3-2-6-17-7-9/h1-8H,(H,19,21)(H,20,22)/b18-8+. The maximum absolute atomic E-state index is 11.7. The number of nitrogens with one attached hydrogen (secondary N) is 2. The van der Waals surface area contributed by atoms with Gasteiger partial charge in [-0.25, -0.2) is 5.43 Å². The zero-order valence-corrected chi connectivity index (χ0v) is 12.6. The molecule has 0 aliphatic rings. The van der Waals surface area contributed by atoms with Gasteiger partial charge in [-0.05, 0) is 18.2 Å². The van der Waals surface area contributed by atoms with Gasteiger partial charge in [0.2, 0.25) is 0 Å². The fourth-order valence-corrected chi connectivity index (χ4v) is 1.80. The number of pyridine rings is 1. The van der Waals surface area contributed by atoms with Crippen molar-refractivity contribution in [3.63, 3.8) is 0 Å². The molecule has 2 N–H and O–H groups in total. The van der Waals surface area contributed by atoms with Crippen LogP contribution in [0.15, 0.2) is 47.8 Å². The topological polar surface area (TPSA) is 83.5 Å². The van der Waals surface area contributed by atoms with E-state index in [9.17, 15) is 9.59 Å². The number of carbonyl (C=O) groups is 2. The Hall–Kier alpha value is -2.44. The average molecular weight is 337 g/mol. The first-order chi connectivity index (χ1) is 10.6. The number of carbonyl (C=O) groups excluding carboxylic acids is 2. The number of hydrazone groups is 1. The molecule has 1 aromatic carbocycles. The highest BCUT2D eigenvalue weighted by Gasteiger charge is 2.15. The second kappa shape index (κ2) is 7.53. The summed E-state index contributed by atoms with van der Waals surface area (Å²) >= 11 is 11.7. The number of aromatic nitrogens is 1. The second-order valence-electron chi connectivity index (χ2n) is 4.04. The number of halogens is 2. The molecule has 2 amide bonds. The van der Waals surface area contributed by atoms with Gasteiger partial charge in [-0.2, -0.15) is 5.10 Å². The molecule has 22 heavy (non-hydrogen) atoms. The first kappa shape index (κ1) is 15.9. The fraction of sp³-hybridized carbons (Fsp3) is 0. The van der Waals surface area contributed by atoms with Crippen LogP contribution in [0.3, 0.4) is 0 Å². The molecule has 0 atom stereocenters. The highest BCUT2D eigenvalue weighted by molar-refractivity contribution is 6.45. The number of amides is 2. The van der Waals surface area contributed by atoms with E-state index >= 15 is 0 Å². The molecule has 0 aliphatic heterocycles. The predicted octanol–water partition coefficient (Wildman–Crippen LogP) is 2.48. The van der Waals surface area contributed by atoms with Crippen LogP contribution in [0.5, 0.6) is 0 Å². The summed E-state index contributed by atoms with van der Waals surface area (Å²) < 4.78 is 0. The van der Waals surface area contributed by atoms with Gasteiger partial charge >= 0.3 is 11.8 Å². The van der Waals surface area contributed by atoms with E-state index in [2.05, 4.69) is 20.8 Å². The Balaban J connectivity index is 1.94.